The van der Waals surface area contributed by atoms with E-state index < -0.39 is 34.6 Å². The van der Waals surface area contributed by atoms with Gasteiger partial charge in [-0.15, -0.1) is 0 Å². The van der Waals surface area contributed by atoms with E-state index in [0.29, 0.717) is 11.3 Å². The maximum atomic E-state index is 13.4. The van der Waals surface area contributed by atoms with Crippen molar-refractivity contribution >= 4 is 16.7 Å². The van der Waals surface area contributed by atoms with Gasteiger partial charge in [-0.1, -0.05) is 30.3 Å². The highest BCUT2D eigenvalue weighted by Gasteiger charge is 2.39. The number of fused-ring (bicyclic) bond motifs is 3. The molecule has 0 saturated heterocycles. The molecule has 138 valence electrons. The monoisotopic (exact) mass is 381 g/mol. The number of halogens is 6. The van der Waals surface area contributed by atoms with Crippen molar-refractivity contribution in [2.45, 2.75) is 12.4 Å². The molecule has 0 fully saturated rings. The summed E-state index contributed by atoms with van der Waals surface area (Å²) in [7, 11) is 0. The van der Waals surface area contributed by atoms with Gasteiger partial charge in [-0.3, -0.25) is 4.40 Å². The van der Waals surface area contributed by atoms with Crippen LogP contribution in [0.5, 0.6) is 0 Å². The van der Waals surface area contributed by atoms with Crippen LogP contribution in [0.4, 0.5) is 26.3 Å². The summed E-state index contributed by atoms with van der Waals surface area (Å²) in [6.07, 6.45) is -8.61. The first kappa shape index (κ1) is 17.3. The fourth-order valence-electron chi connectivity index (χ4n) is 2.93. The molecule has 27 heavy (non-hydrogen) atoms. The molecular weight excluding hydrogens is 372 g/mol. The van der Waals surface area contributed by atoms with E-state index in [1.807, 2.05) is 0 Å². The van der Waals surface area contributed by atoms with Crippen LogP contribution in [0.1, 0.15) is 11.3 Å². The normalized spacial score (nSPS) is 12.8. The van der Waals surface area contributed by atoms with E-state index in [0.717, 1.165) is 6.07 Å². The number of rotatable bonds is 1. The Morgan fingerprint density at radius 2 is 1.52 bits per heavy atom. The molecule has 9 heteroatoms. The molecule has 0 N–H and O–H groups in total. The van der Waals surface area contributed by atoms with E-state index in [2.05, 4.69) is 9.97 Å². The molecule has 0 aliphatic heterocycles. The molecule has 0 aliphatic carbocycles. The van der Waals surface area contributed by atoms with Gasteiger partial charge in [0.15, 0.2) is 0 Å². The zero-order chi connectivity index (χ0) is 19.4. The molecule has 3 heterocycles. The number of imidazole rings is 1. The van der Waals surface area contributed by atoms with Gasteiger partial charge in [0, 0.05) is 10.9 Å². The third kappa shape index (κ3) is 2.88. The summed E-state index contributed by atoms with van der Waals surface area (Å²) in [5.41, 5.74) is -2.33. The Labute approximate surface area is 147 Å². The zero-order valence-corrected chi connectivity index (χ0v) is 13.3. The number of hydrogen-bond donors (Lipinski definition) is 0. The predicted octanol–water partition coefficient (Wildman–Crippen LogP) is 5.59. The Balaban J connectivity index is 2.17. The van der Waals surface area contributed by atoms with Crippen molar-refractivity contribution in [3.63, 3.8) is 0 Å². The molecule has 4 aromatic rings. The molecular formula is C18H9F6N3. The van der Waals surface area contributed by atoms with Crippen LogP contribution in [-0.4, -0.2) is 14.4 Å². The van der Waals surface area contributed by atoms with Gasteiger partial charge in [0.05, 0.1) is 17.5 Å². The number of hydrogen-bond acceptors (Lipinski definition) is 2. The van der Waals surface area contributed by atoms with E-state index in [1.54, 1.807) is 30.3 Å². The highest BCUT2D eigenvalue weighted by molar-refractivity contribution is 5.85. The summed E-state index contributed by atoms with van der Waals surface area (Å²) in [6, 6.07) is 11.0. The van der Waals surface area contributed by atoms with Crippen LogP contribution in [0.15, 0.2) is 54.7 Å². The average Bonchev–Trinajstić information content (AvgIpc) is 3.04. The molecule has 0 radical (unpaired) electrons. The Kier molecular flexibility index (Phi) is 3.66. The van der Waals surface area contributed by atoms with Crippen LogP contribution in [0.3, 0.4) is 0 Å². The second kappa shape index (κ2) is 5.70. The third-order valence-electron chi connectivity index (χ3n) is 4.10. The molecule has 1 aromatic carbocycles. The molecule has 3 aromatic heterocycles. The maximum Gasteiger partial charge on any atom is 0.433 e. The van der Waals surface area contributed by atoms with Crippen molar-refractivity contribution in [3.05, 3.63) is 66.0 Å². The highest BCUT2D eigenvalue weighted by Crippen LogP contribution is 2.39. The highest BCUT2D eigenvalue weighted by atomic mass is 19.4. The molecule has 0 bridgehead atoms. The average molecular weight is 381 g/mol. The summed E-state index contributed by atoms with van der Waals surface area (Å²) in [6.45, 7) is 0. The number of pyridine rings is 2. The lowest BCUT2D eigenvalue weighted by molar-refractivity contribution is -0.144. The fraction of sp³-hybridized carbons (Fsp3) is 0.111. The van der Waals surface area contributed by atoms with Gasteiger partial charge in [0.25, 0.3) is 0 Å². The number of nitrogens with zero attached hydrogens (tertiary/aromatic N) is 3. The van der Waals surface area contributed by atoms with Crippen molar-refractivity contribution in [2.24, 2.45) is 0 Å². The molecule has 3 nitrogen and oxygen atoms in total. The van der Waals surface area contributed by atoms with Crippen LogP contribution in [-0.2, 0) is 12.4 Å². The first-order valence-electron chi connectivity index (χ1n) is 7.67. The Bertz CT molecular complexity index is 1140. The van der Waals surface area contributed by atoms with E-state index in [1.165, 1.54) is 16.7 Å². The van der Waals surface area contributed by atoms with Gasteiger partial charge >= 0.3 is 12.4 Å². The lowest BCUT2D eigenvalue weighted by Gasteiger charge is -2.15. The van der Waals surface area contributed by atoms with Crippen LogP contribution in [0.2, 0.25) is 0 Å². The molecule has 0 amide bonds. The Hall–Kier alpha value is -3.10. The van der Waals surface area contributed by atoms with Gasteiger partial charge in [-0.05, 0) is 18.2 Å². The van der Waals surface area contributed by atoms with Crippen molar-refractivity contribution in [1.82, 2.24) is 14.4 Å². The number of benzene rings is 1. The molecule has 0 aliphatic rings. The minimum absolute atomic E-state index is 0.0350. The SMILES string of the molecule is FC(F)(F)c1cc(C(F)(F)F)c2ccc3ncc(-c4ccccc4)n3c2n1. The van der Waals surface area contributed by atoms with Gasteiger partial charge in [0.1, 0.15) is 17.0 Å². The number of aromatic nitrogens is 3. The second-order valence-electron chi connectivity index (χ2n) is 5.82. The predicted molar refractivity (Wildman–Crippen MR) is 85.9 cm³/mol. The van der Waals surface area contributed by atoms with Crippen molar-refractivity contribution in [3.8, 4) is 11.3 Å². The maximum absolute atomic E-state index is 13.4. The first-order valence-corrected chi connectivity index (χ1v) is 7.67. The van der Waals surface area contributed by atoms with Crippen LogP contribution < -0.4 is 0 Å². The van der Waals surface area contributed by atoms with E-state index in [-0.39, 0.29) is 11.7 Å². The van der Waals surface area contributed by atoms with Gasteiger partial charge in [0.2, 0.25) is 0 Å². The van der Waals surface area contributed by atoms with Crippen molar-refractivity contribution in [1.29, 1.82) is 0 Å². The summed E-state index contributed by atoms with van der Waals surface area (Å²) in [5, 5.41) is -0.432. The fourth-order valence-corrected chi connectivity index (χ4v) is 2.93. The summed E-state index contributed by atoms with van der Waals surface area (Å²) in [4.78, 5) is 7.59. The van der Waals surface area contributed by atoms with Crippen molar-refractivity contribution < 1.29 is 26.3 Å². The van der Waals surface area contributed by atoms with E-state index >= 15 is 0 Å². The third-order valence-corrected chi connectivity index (χ3v) is 4.10. The summed E-state index contributed by atoms with van der Waals surface area (Å²) < 4.78 is 81.0. The first-order chi connectivity index (χ1) is 12.7. The molecule has 0 saturated carbocycles. The van der Waals surface area contributed by atoms with Crippen molar-refractivity contribution in [2.75, 3.05) is 0 Å². The Morgan fingerprint density at radius 1 is 0.815 bits per heavy atom. The van der Waals surface area contributed by atoms with Crippen LogP contribution in [0.25, 0.3) is 27.9 Å². The molecule has 0 atom stereocenters. The minimum atomic E-state index is -5.02. The van der Waals surface area contributed by atoms with E-state index in [4.69, 9.17) is 0 Å². The lowest BCUT2D eigenvalue weighted by atomic mass is 10.1. The second-order valence-corrected chi connectivity index (χ2v) is 5.82. The Morgan fingerprint density at radius 3 is 2.15 bits per heavy atom. The summed E-state index contributed by atoms with van der Waals surface area (Å²) in [5.74, 6) is 0. The molecule has 0 unspecified atom stereocenters. The molecule has 0 spiro atoms. The quantitative estimate of drug-likeness (QED) is 0.403. The molecule has 4 rings (SSSR count). The van der Waals surface area contributed by atoms with Crippen LogP contribution >= 0.6 is 0 Å². The van der Waals surface area contributed by atoms with Crippen LogP contribution in [0, 0.1) is 0 Å². The van der Waals surface area contributed by atoms with E-state index in [9.17, 15) is 26.3 Å². The lowest BCUT2D eigenvalue weighted by Crippen LogP contribution is -2.14. The van der Waals surface area contributed by atoms with Gasteiger partial charge in [-0.2, -0.15) is 26.3 Å². The minimum Gasteiger partial charge on any atom is -0.276 e. The standard InChI is InChI=1S/C18H9F6N3/c19-17(20,21)12-8-14(18(22,23)24)26-16-11(12)6-7-15-25-9-13(27(15)16)10-4-2-1-3-5-10/h1-9H. The zero-order valence-electron chi connectivity index (χ0n) is 13.3. The van der Waals surface area contributed by atoms with Gasteiger partial charge < -0.3 is 0 Å². The largest absolute Gasteiger partial charge is 0.433 e. The topological polar surface area (TPSA) is 30.2 Å². The smallest absolute Gasteiger partial charge is 0.276 e. The van der Waals surface area contributed by atoms with Gasteiger partial charge in [-0.25, -0.2) is 9.97 Å². The summed E-state index contributed by atoms with van der Waals surface area (Å²) >= 11 is 0. The number of alkyl halides is 6.